The monoisotopic (exact) mass is 926 g/mol. The molecule has 0 spiro atoms. The third-order valence-electron chi connectivity index (χ3n) is 14.0. The van der Waals surface area contributed by atoms with Gasteiger partial charge in [0.15, 0.2) is 23.1 Å². The van der Waals surface area contributed by atoms with Crippen LogP contribution in [0.5, 0.6) is 11.5 Å². The smallest absolute Gasteiger partial charge is 0.873 e. The van der Waals surface area contributed by atoms with E-state index in [0.29, 0.717) is 0 Å². The summed E-state index contributed by atoms with van der Waals surface area (Å²) in [5, 5.41) is 114. The molecular formula is C44H46CaN4O16. The van der Waals surface area contributed by atoms with Crippen molar-refractivity contribution in [3.63, 3.8) is 0 Å². The predicted molar refractivity (Wildman–Crippen MR) is 221 cm³/mol. The van der Waals surface area contributed by atoms with Gasteiger partial charge in [-0.25, -0.2) is 0 Å². The van der Waals surface area contributed by atoms with Gasteiger partial charge in [-0.3, -0.25) is 38.6 Å². The fraction of sp³-hybridized carbons (Fsp3) is 0.409. The van der Waals surface area contributed by atoms with Gasteiger partial charge in [-0.05, 0) is 78.1 Å². The molecule has 0 unspecified atom stereocenters. The minimum Gasteiger partial charge on any atom is -0.873 e. The molecule has 2 saturated carbocycles. The minimum atomic E-state index is -2.86. The summed E-state index contributed by atoms with van der Waals surface area (Å²) in [6.07, 6.45) is -0.480. The maximum atomic E-state index is 13.6. The minimum absolute atomic E-state index is 0. The molecule has 6 aliphatic rings. The Kier molecular flexibility index (Phi) is 12.1. The number of benzene rings is 2. The summed E-state index contributed by atoms with van der Waals surface area (Å²) < 4.78 is 0. The summed E-state index contributed by atoms with van der Waals surface area (Å²) in [5.74, 6) is -16.9. The van der Waals surface area contributed by atoms with Crippen LogP contribution in [0.4, 0.5) is 0 Å². The number of amides is 2. The van der Waals surface area contributed by atoms with Crippen LogP contribution in [-0.4, -0.2) is 175 Å². The SMILES string of the molecule is CN(C)[C@@H]1C(=O)C(C(N)=O)=C([O-])[C@@]2(O)C(=O)C3=C(O)c4c(O)cccc4[C@@](C)(O)[C@H]3C[C@@H]12.CN(C)[C@@H]1C(=O)C(C(N)=O)=C([O-])[C@@]2(O)C(=O)C3=C(O)c4c(O)cccc4[C@@](C)(O)[C@H]3C[C@@H]12.[Ca+2]. The number of carbonyl (C=O) groups excluding carboxylic acids is 6. The molecule has 0 aromatic heterocycles. The number of primary amides is 2. The number of carbonyl (C=O) groups is 6. The summed E-state index contributed by atoms with van der Waals surface area (Å²) in [6, 6.07) is 5.88. The summed E-state index contributed by atoms with van der Waals surface area (Å²) in [7, 11) is 5.93. The number of Topliss-reactive ketones (excluding diaryl/α,β-unsaturated/α-hetero) is 4. The van der Waals surface area contributed by atoms with E-state index in [2.05, 4.69) is 0 Å². The second-order valence-electron chi connectivity index (χ2n) is 17.9. The van der Waals surface area contributed by atoms with Gasteiger partial charge in [0.1, 0.15) is 34.2 Å². The van der Waals surface area contributed by atoms with Crippen molar-refractivity contribution in [1.29, 1.82) is 0 Å². The van der Waals surface area contributed by atoms with E-state index >= 15 is 0 Å². The van der Waals surface area contributed by atoms with Gasteiger partial charge in [-0.1, -0.05) is 35.8 Å². The van der Waals surface area contributed by atoms with Gasteiger partial charge in [0.05, 0.1) is 45.6 Å². The molecule has 0 bridgehead atoms. The van der Waals surface area contributed by atoms with Crippen molar-refractivity contribution in [2.24, 2.45) is 35.1 Å². The van der Waals surface area contributed by atoms with Crippen molar-refractivity contribution in [3.8, 4) is 11.5 Å². The van der Waals surface area contributed by atoms with Crippen molar-refractivity contribution >= 4 is 84.2 Å². The van der Waals surface area contributed by atoms with E-state index in [1.807, 2.05) is 0 Å². The van der Waals surface area contributed by atoms with Crippen LogP contribution in [0.15, 0.2) is 70.2 Å². The molecule has 10 atom stereocenters. The molecule has 0 saturated heterocycles. The van der Waals surface area contributed by atoms with Crippen molar-refractivity contribution in [1.82, 2.24) is 9.80 Å². The Bertz CT molecular complexity index is 2480. The zero-order chi connectivity index (χ0) is 47.8. The number of phenolic OH excluding ortho intramolecular Hbond substituents is 2. The van der Waals surface area contributed by atoms with E-state index in [4.69, 9.17) is 11.5 Å². The van der Waals surface area contributed by atoms with E-state index in [9.17, 15) is 79.8 Å². The second-order valence-corrected chi connectivity index (χ2v) is 17.9. The summed E-state index contributed by atoms with van der Waals surface area (Å²) in [6.45, 7) is 2.77. The van der Waals surface area contributed by atoms with Crippen LogP contribution < -0.4 is 21.7 Å². The van der Waals surface area contributed by atoms with E-state index < -0.39 is 150 Å². The predicted octanol–water partition coefficient (Wildman–Crippen LogP) is -3.52. The zero-order valence-corrected chi connectivity index (χ0v) is 38.2. The van der Waals surface area contributed by atoms with Crippen molar-refractivity contribution in [2.45, 2.75) is 61.2 Å². The standard InChI is InChI=1S/2C22H24N2O8.Ca/c2*1-21(31)8-5-4-6-11(25)12(8)16(26)13-9(21)7-10-15(24(2)3)17(27)14(20(23)30)19(29)22(10,32)18(13)28;/h2*4-6,9-10,15,25-26,29,31-32H,7H2,1-3H3,(H2,23,30);/q;;+2/p-2/t2*9-,10-,15-,21+,22-;/m00./s1. The van der Waals surface area contributed by atoms with Gasteiger partial charge in [-0.2, -0.15) is 0 Å². The Labute approximate surface area is 400 Å². The fourth-order valence-corrected chi connectivity index (χ4v) is 11.0. The summed E-state index contributed by atoms with van der Waals surface area (Å²) >= 11 is 0. The summed E-state index contributed by atoms with van der Waals surface area (Å²) in [5.41, 5.74) is -1.81. The maximum absolute atomic E-state index is 13.6. The number of likely N-dealkylation sites (N-methyl/N-ethyl adjacent to an activating group) is 2. The number of rotatable bonds is 4. The van der Waals surface area contributed by atoms with Crippen LogP contribution in [0.3, 0.4) is 0 Å². The van der Waals surface area contributed by atoms with Crippen molar-refractivity contribution in [2.75, 3.05) is 28.2 Å². The molecule has 2 aromatic rings. The Morgan fingerprint density at radius 2 is 0.923 bits per heavy atom. The molecule has 0 radical (unpaired) electrons. The van der Waals surface area contributed by atoms with Crippen LogP contribution in [0, 0.1) is 23.7 Å². The average molecular weight is 927 g/mol. The number of fused-ring (bicyclic) bond motifs is 6. The number of hydrogen-bond acceptors (Lipinski definition) is 18. The van der Waals surface area contributed by atoms with Crippen molar-refractivity contribution < 1.29 is 79.8 Å². The molecular weight excluding hydrogens is 881 g/mol. The van der Waals surface area contributed by atoms with Gasteiger partial charge in [0, 0.05) is 34.8 Å². The van der Waals surface area contributed by atoms with Gasteiger partial charge in [0.25, 0.3) is 11.8 Å². The Morgan fingerprint density at radius 3 is 1.20 bits per heavy atom. The van der Waals surface area contributed by atoms with E-state index in [1.54, 1.807) is 0 Å². The van der Waals surface area contributed by atoms with E-state index in [1.165, 1.54) is 88.2 Å². The van der Waals surface area contributed by atoms with Crippen LogP contribution >= 0.6 is 0 Å². The Balaban J connectivity index is 0.000000212. The third-order valence-corrected chi connectivity index (χ3v) is 14.0. The fourth-order valence-electron chi connectivity index (χ4n) is 11.0. The first-order chi connectivity index (χ1) is 29.5. The largest absolute Gasteiger partial charge is 2.00 e. The molecule has 0 heterocycles. The summed E-state index contributed by atoms with van der Waals surface area (Å²) in [4.78, 5) is 79.7. The number of ketones is 4. The van der Waals surface area contributed by atoms with Crippen LogP contribution in [0.25, 0.3) is 11.5 Å². The number of aliphatic hydroxyl groups is 6. The molecule has 340 valence electrons. The van der Waals surface area contributed by atoms with Gasteiger partial charge >= 0.3 is 37.7 Å². The molecule has 2 aromatic carbocycles. The number of aromatic hydroxyl groups is 2. The maximum Gasteiger partial charge on any atom is 2.00 e. The topological polar surface area (TPSA) is 369 Å². The van der Waals surface area contributed by atoms with Crippen LogP contribution in [-0.2, 0) is 40.0 Å². The van der Waals surface area contributed by atoms with Gasteiger partial charge in [0.2, 0.25) is 0 Å². The van der Waals surface area contributed by atoms with E-state index in [-0.39, 0.29) is 72.8 Å². The quantitative estimate of drug-likeness (QED) is 0.105. The Hall–Kier alpha value is -5.16. The van der Waals surface area contributed by atoms with Crippen molar-refractivity contribution in [3.05, 3.63) is 92.5 Å². The molecule has 2 amide bonds. The molecule has 2 fully saturated rings. The first-order valence-corrected chi connectivity index (χ1v) is 19.9. The zero-order valence-electron chi connectivity index (χ0n) is 35.9. The molecule has 65 heavy (non-hydrogen) atoms. The average Bonchev–Trinajstić information content (AvgIpc) is 3.18. The van der Waals surface area contributed by atoms with Crippen LogP contribution in [0.2, 0.25) is 0 Å². The number of hydrogen-bond donors (Lipinski definition) is 10. The third kappa shape index (κ3) is 6.51. The molecule has 8 rings (SSSR count). The number of aliphatic hydroxyl groups excluding tert-OH is 2. The molecule has 20 nitrogen and oxygen atoms in total. The number of phenols is 2. The first kappa shape index (κ1) is 49.3. The molecule has 0 aliphatic heterocycles. The first-order valence-electron chi connectivity index (χ1n) is 19.9. The number of nitrogens with zero attached hydrogens (tertiary/aromatic N) is 2. The number of nitrogens with two attached hydrogens (primary N) is 2. The van der Waals surface area contributed by atoms with E-state index in [0.717, 1.165) is 0 Å². The molecule has 12 N–H and O–H groups in total. The van der Waals surface area contributed by atoms with Crippen LogP contribution in [0.1, 0.15) is 48.9 Å². The van der Waals surface area contributed by atoms with Gasteiger partial charge in [-0.15, -0.1) is 0 Å². The molecule has 21 heteroatoms. The normalized spacial score (nSPS) is 33.8. The molecule has 6 aliphatic carbocycles. The Morgan fingerprint density at radius 1 is 0.615 bits per heavy atom. The van der Waals surface area contributed by atoms with Gasteiger partial charge < -0.3 is 62.5 Å². The second kappa shape index (κ2) is 16.0.